The molecular formula is C89H106N6+6. The number of aryl methyl sites for hydroxylation is 17. The molecule has 0 atom stereocenters. The van der Waals surface area contributed by atoms with Crippen LogP contribution in [0.1, 0.15) is 105 Å². The fourth-order valence-electron chi connectivity index (χ4n) is 11.8. The molecule has 0 N–H and O–H groups in total. The van der Waals surface area contributed by atoms with Gasteiger partial charge in [-0.1, -0.05) is 117 Å². The number of hydrogen-bond acceptors (Lipinski definition) is 0. The van der Waals surface area contributed by atoms with Crippen molar-refractivity contribution in [3.8, 4) is 67.5 Å². The molecule has 0 amide bonds. The van der Waals surface area contributed by atoms with E-state index in [4.69, 9.17) is 11.0 Å². The minimum absolute atomic E-state index is 0.183. The lowest BCUT2D eigenvalue weighted by atomic mass is 9.97. The van der Waals surface area contributed by atoms with Crippen molar-refractivity contribution >= 4 is 0 Å². The summed E-state index contributed by atoms with van der Waals surface area (Å²) in [5.74, 6) is 0.711. The summed E-state index contributed by atoms with van der Waals surface area (Å²) in [7, 11) is 12.3. The van der Waals surface area contributed by atoms with E-state index in [0.717, 1.165) is 46.5 Å². The van der Waals surface area contributed by atoms with Gasteiger partial charge in [0, 0.05) is 117 Å². The summed E-state index contributed by atoms with van der Waals surface area (Å²) in [5, 5.41) is 0. The Bertz CT molecular complexity index is 4820. The van der Waals surface area contributed by atoms with Gasteiger partial charge in [-0.25, -0.2) is 27.4 Å². The molecule has 0 saturated carbocycles. The van der Waals surface area contributed by atoms with E-state index in [2.05, 4.69) is 273 Å². The van der Waals surface area contributed by atoms with Gasteiger partial charge in [-0.2, -0.15) is 0 Å². The molecule has 6 aromatic carbocycles. The summed E-state index contributed by atoms with van der Waals surface area (Å²) in [4.78, 5) is 0. The molecular weight excluding hydrogens is 1150 g/mol. The lowest BCUT2D eigenvalue weighted by Crippen LogP contribution is -2.30. The molecule has 486 valence electrons. The maximum Gasteiger partial charge on any atom is 0.212 e. The number of benzene rings is 6. The Labute approximate surface area is 582 Å². The van der Waals surface area contributed by atoms with E-state index in [1.807, 2.05) is 98.0 Å². The van der Waals surface area contributed by atoms with Crippen LogP contribution in [0.15, 0.2) is 256 Å². The molecule has 6 heterocycles. The molecule has 0 aliphatic carbocycles. The summed E-state index contributed by atoms with van der Waals surface area (Å²) < 4.78 is 72.6. The number of pyridine rings is 6. The predicted molar refractivity (Wildman–Crippen MR) is 398 cm³/mol. The van der Waals surface area contributed by atoms with Crippen LogP contribution in [0.5, 0.6) is 0 Å². The highest BCUT2D eigenvalue weighted by Gasteiger charge is 2.17. The molecule has 6 aromatic heterocycles. The zero-order chi connectivity index (χ0) is 75.5. The van der Waals surface area contributed by atoms with Crippen LogP contribution in [-0.4, -0.2) is 0 Å². The Morgan fingerprint density at radius 2 is 0.600 bits per heavy atom. The Kier molecular flexibility index (Phi) is 22.9. The Morgan fingerprint density at radius 3 is 0.937 bits per heavy atom. The van der Waals surface area contributed by atoms with Crippen molar-refractivity contribution in [3.05, 3.63) is 322 Å². The van der Waals surface area contributed by atoms with Crippen LogP contribution >= 0.6 is 0 Å². The van der Waals surface area contributed by atoms with Gasteiger partial charge < -0.3 is 0 Å². The molecule has 0 bridgehead atoms. The van der Waals surface area contributed by atoms with Crippen LogP contribution in [0, 0.1) is 68.2 Å². The average Bonchev–Trinajstić information content (AvgIpc) is 0.786. The van der Waals surface area contributed by atoms with Crippen molar-refractivity contribution in [2.75, 3.05) is 0 Å². The molecule has 0 fully saturated rings. The van der Waals surface area contributed by atoms with E-state index in [-0.39, 0.29) is 5.56 Å². The molecule has 0 aliphatic heterocycles. The largest absolute Gasteiger partial charge is 0.212 e. The van der Waals surface area contributed by atoms with Crippen LogP contribution in [0.3, 0.4) is 0 Å². The van der Waals surface area contributed by atoms with E-state index in [0.29, 0.717) is 11.5 Å². The zero-order valence-electron chi connectivity index (χ0n) is 67.4. The quantitative estimate of drug-likeness (QED) is 0.122. The Balaban J connectivity index is 0.000000174. The molecule has 0 aliphatic rings. The molecule has 0 saturated heterocycles. The topological polar surface area (TPSA) is 23.3 Å². The van der Waals surface area contributed by atoms with Crippen molar-refractivity contribution in [2.45, 2.75) is 109 Å². The van der Waals surface area contributed by atoms with Gasteiger partial charge in [0.15, 0.2) is 37.2 Å². The smallest absolute Gasteiger partial charge is 0.201 e. The van der Waals surface area contributed by atoms with Crippen molar-refractivity contribution in [1.82, 2.24) is 0 Å². The van der Waals surface area contributed by atoms with E-state index in [1.54, 1.807) is 30.3 Å². The molecule has 12 aromatic rings. The summed E-state index contributed by atoms with van der Waals surface area (Å²) in [6.45, 7) is 18.8. The van der Waals surface area contributed by atoms with Gasteiger partial charge in [0.1, 0.15) is 42.3 Å². The minimum atomic E-state index is -2.68. The Morgan fingerprint density at radius 1 is 0.305 bits per heavy atom. The van der Waals surface area contributed by atoms with Crippen molar-refractivity contribution in [3.63, 3.8) is 0 Å². The van der Waals surface area contributed by atoms with Crippen LogP contribution in [0.4, 0.5) is 0 Å². The van der Waals surface area contributed by atoms with Gasteiger partial charge >= 0.3 is 0 Å². The van der Waals surface area contributed by atoms with Crippen LogP contribution < -0.4 is 27.4 Å². The fraction of sp³-hybridized carbons (Fsp3) is 0.258. The van der Waals surface area contributed by atoms with Gasteiger partial charge in [-0.3, -0.25) is 0 Å². The maximum absolute atomic E-state index is 7.83. The van der Waals surface area contributed by atoms with Crippen molar-refractivity contribution in [2.24, 2.45) is 48.2 Å². The number of aromatic nitrogens is 6. The number of rotatable bonds is 10. The molecule has 0 unspecified atom stereocenters. The summed E-state index contributed by atoms with van der Waals surface area (Å²) in [5.41, 5.74) is 27.6. The standard InChI is InChI=1S/C17H22N.2C15H18N.3C14H16N/c1-13(2)11-15-8-9-16(14(3)12-15)17-7-5-6-10-18(17)4;2*1-4-13-8-9-14(12(2)11-13)15-7-5-6-10-16(15)3;2*1-11-7-8-13(12(2)10-11)14-6-4-5-9-15(14)3;1-11-7-8-12(2)13(10-11)14-6-4-5-9-15(14)3/h5-10,12-13H,11H2,1-4H3;2*5-11H,4H2,1-3H3;3*4-10H,1-3H3/q6*+1/i;1D3,4D2;;1D3;;. The lowest BCUT2D eigenvalue weighted by molar-refractivity contribution is -0.660. The first-order valence-electron chi connectivity index (χ1n) is 37.0. The third-order valence-electron chi connectivity index (χ3n) is 17.0. The van der Waals surface area contributed by atoms with Crippen molar-refractivity contribution in [1.29, 1.82) is 0 Å². The van der Waals surface area contributed by atoms with E-state index in [9.17, 15) is 0 Å². The van der Waals surface area contributed by atoms with Gasteiger partial charge in [0.25, 0.3) is 0 Å². The SMILES string of the molecule is CCc1ccc(-c2cccc[n+]2C)c(C)c1.Cc1cc(CC(C)C)ccc1-c1cccc[n+]1C.Cc1ccc(-c2cccc[n+]2C)c(C)c1.Cc1ccc(C)c(-c2cccc[n+]2C)c1.[2H]C([2H])([2H])C([2H])([2H])c1ccc(-c2cccc[n+]2C)c(C)c1.[2H]C([2H])([2H])c1ccc(-c2cccc[n+]2C)c(C)c1. The second-order valence-corrected chi connectivity index (χ2v) is 25.3. The van der Waals surface area contributed by atoms with E-state index in [1.165, 1.54) is 89.5 Å². The second-order valence-electron chi connectivity index (χ2n) is 25.3. The molecule has 6 nitrogen and oxygen atoms in total. The molecule has 95 heavy (non-hydrogen) atoms. The molecule has 6 heteroatoms. The van der Waals surface area contributed by atoms with Gasteiger partial charge in [-0.05, 0) is 210 Å². The first-order chi connectivity index (χ1) is 48.7. The molecule has 12 rings (SSSR count). The Hall–Kier alpha value is -9.78. The minimum Gasteiger partial charge on any atom is -0.201 e. The van der Waals surface area contributed by atoms with Crippen LogP contribution in [0.2, 0.25) is 0 Å². The van der Waals surface area contributed by atoms with Gasteiger partial charge in [0.05, 0.1) is 0 Å². The maximum atomic E-state index is 7.83. The third kappa shape index (κ3) is 20.6. The monoisotopic (exact) mass is 1270 g/mol. The fourth-order valence-corrected chi connectivity index (χ4v) is 11.8. The van der Waals surface area contributed by atoms with E-state index < -0.39 is 20.1 Å². The summed E-state index contributed by atoms with van der Waals surface area (Å²) in [6, 6.07) is 74.0. The molecule has 0 spiro atoms. The first kappa shape index (κ1) is 61.4. The first-order valence-corrected chi connectivity index (χ1v) is 33.0. The number of nitrogens with zero attached hydrogens (tertiary/aromatic N) is 6. The molecule has 0 radical (unpaired) electrons. The second kappa shape index (κ2) is 35.5. The van der Waals surface area contributed by atoms with Crippen LogP contribution in [-0.2, 0) is 61.5 Å². The normalized spacial score (nSPS) is 12.1. The van der Waals surface area contributed by atoms with E-state index >= 15 is 0 Å². The predicted octanol–water partition coefficient (Wildman–Crippen LogP) is 18.2. The highest BCUT2D eigenvalue weighted by Crippen LogP contribution is 2.27. The summed E-state index contributed by atoms with van der Waals surface area (Å²) >= 11 is 0. The van der Waals surface area contributed by atoms with Gasteiger partial charge in [-0.15, -0.1) is 0 Å². The van der Waals surface area contributed by atoms with Gasteiger partial charge in [0.2, 0.25) is 34.2 Å². The third-order valence-corrected chi connectivity index (χ3v) is 17.0. The highest BCUT2D eigenvalue weighted by atomic mass is 14.9. The highest BCUT2D eigenvalue weighted by molar-refractivity contribution is 5.66. The zero-order valence-corrected chi connectivity index (χ0v) is 59.4. The summed E-state index contributed by atoms with van der Waals surface area (Å²) in [6.07, 6.45) is 12.2. The lowest BCUT2D eigenvalue weighted by Gasteiger charge is -2.09. The average molecular weight is 1270 g/mol. The van der Waals surface area contributed by atoms with Crippen LogP contribution in [0.25, 0.3) is 67.5 Å². The van der Waals surface area contributed by atoms with Crippen molar-refractivity contribution < 1.29 is 38.4 Å². The number of hydrogen-bond donors (Lipinski definition) is 0.